The van der Waals surface area contributed by atoms with Gasteiger partial charge in [0.05, 0.1) is 0 Å². The van der Waals surface area contributed by atoms with Crippen molar-refractivity contribution in [3.05, 3.63) is 72.7 Å². The Labute approximate surface area is 168 Å². The van der Waals surface area contributed by atoms with Crippen LogP contribution >= 0.6 is 0 Å². The van der Waals surface area contributed by atoms with Gasteiger partial charge in [-0.05, 0) is 41.3 Å². The van der Waals surface area contributed by atoms with Gasteiger partial charge in [0.15, 0.2) is 0 Å². The van der Waals surface area contributed by atoms with Crippen molar-refractivity contribution in [1.82, 2.24) is 9.97 Å². The maximum atomic E-state index is 4.53. The monoisotopic (exact) mass is 374 g/mol. The van der Waals surface area contributed by atoms with Gasteiger partial charge in [0.25, 0.3) is 0 Å². The van der Waals surface area contributed by atoms with Gasteiger partial charge in [0.2, 0.25) is 0 Å². The molecule has 1 N–H and O–H groups in total. The molecule has 4 nitrogen and oxygen atoms in total. The molecule has 1 unspecified atom stereocenters. The predicted molar refractivity (Wildman–Crippen MR) is 119 cm³/mol. The van der Waals surface area contributed by atoms with E-state index >= 15 is 0 Å². The van der Waals surface area contributed by atoms with E-state index in [1.165, 1.54) is 11.1 Å². The van der Waals surface area contributed by atoms with Gasteiger partial charge >= 0.3 is 0 Å². The Kier molecular flexibility index (Phi) is 5.98. The first-order valence-electron chi connectivity index (χ1n) is 9.78. The van der Waals surface area contributed by atoms with Crippen molar-refractivity contribution in [3.8, 4) is 11.1 Å². The third kappa shape index (κ3) is 4.33. The highest BCUT2D eigenvalue weighted by atomic mass is 15.1. The van der Waals surface area contributed by atoms with Crippen molar-refractivity contribution in [2.24, 2.45) is 5.92 Å². The van der Waals surface area contributed by atoms with Gasteiger partial charge in [-0.2, -0.15) is 0 Å². The Morgan fingerprint density at radius 3 is 2.11 bits per heavy atom. The molecule has 0 fully saturated rings. The van der Waals surface area contributed by atoms with Gasteiger partial charge < -0.3 is 10.2 Å². The van der Waals surface area contributed by atoms with Crippen molar-refractivity contribution in [2.75, 3.05) is 30.9 Å². The van der Waals surface area contributed by atoms with Crippen LogP contribution in [-0.4, -0.2) is 30.6 Å². The lowest BCUT2D eigenvalue weighted by Gasteiger charge is -2.35. The lowest BCUT2D eigenvalue weighted by Crippen LogP contribution is -2.36. The first-order valence-corrected chi connectivity index (χ1v) is 9.78. The molecule has 4 heteroatoms. The van der Waals surface area contributed by atoms with Crippen molar-refractivity contribution in [2.45, 2.75) is 26.2 Å². The zero-order chi connectivity index (χ0) is 20.1. The first kappa shape index (κ1) is 19.9. The van der Waals surface area contributed by atoms with Crippen molar-refractivity contribution >= 4 is 11.5 Å². The Bertz CT molecular complexity index is 871. The Balaban J connectivity index is 1.80. The normalized spacial score (nSPS) is 13.2. The van der Waals surface area contributed by atoms with E-state index in [-0.39, 0.29) is 5.41 Å². The van der Waals surface area contributed by atoms with Crippen LogP contribution in [0.4, 0.5) is 11.5 Å². The number of hydrogen-bond donors (Lipinski definition) is 1. The quantitative estimate of drug-likeness (QED) is 0.614. The minimum absolute atomic E-state index is 0.0226. The second-order valence-electron chi connectivity index (χ2n) is 8.04. The predicted octanol–water partition coefficient (Wildman–Crippen LogP) is 5.24. The average Bonchev–Trinajstić information content (AvgIpc) is 2.73. The highest BCUT2D eigenvalue weighted by molar-refractivity contribution is 5.64. The highest BCUT2D eigenvalue weighted by Crippen LogP contribution is 2.34. The number of hydrogen-bond acceptors (Lipinski definition) is 4. The molecule has 1 atom stereocenters. The van der Waals surface area contributed by atoms with Crippen LogP contribution in [0.25, 0.3) is 11.1 Å². The molecule has 3 aromatic rings. The summed E-state index contributed by atoms with van der Waals surface area (Å²) in [6, 6.07) is 17.1. The molecule has 0 saturated heterocycles. The van der Waals surface area contributed by atoms with E-state index in [9.17, 15) is 0 Å². The molecule has 146 valence electrons. The number of nitrogens with one attached hydrogen (secondary N) is 1. The minimum Gasteiger partial charge on any atom is -0.384 e. The summed E-state index contributed by atoms with van der Waals surface area (Å²) in [7, 11) is 4.01. The lowest BCUT2D eigenvalue weighted by molar-refractivity contribution is 0.357. The van der Waals surface area contributed by atoms with Gasteiger partial charge in [0, 0.05) is 55.9 Å². The zero-order valence-corrected chi connectivity index (χ0v) is 17.5. The molecule has 3 rings (SSSR count). The van der Waals surface area contributed by atoms with Crippen LogP contribution in [0.15, 0.2) is 67.1 Å². The number of benzene rings is 1. The first-order chi connectivity index (χ1) is 13.4. The Morgan fingerprint density at radius 1 is 0.929 bits per heavy atom. The summed E-state index contributed by atoms with van der Waals surface area (Å²) in [5, 5.41) is 3.57. The molecule has 0 aliphatic carbocycles. The van der Waals surface area contributed by atoms with Crippen LogP contribution in [0.3, 0.4) is 0 Å². The third-order valence-electron chi connectivity index (χ3n) is 5.70. The second-order valence-corrected chi connectivity index (χ2v) is 8.04. The Hall–Kier alpha value is -2.88. The second kappa shape index (κ2) is 8.42. The molecule has 2 aromatic heterocycles. The van der Waals surface area contributed by atoms with E-state index < -0.39 is 0 Å². The van der Waals surface area contributed by atoms with E-state index in [1.807, 2.05) is 49.7 Å². The van der Waals surface area contributed by atoms with Crippen LogP contribution in [0.1, 0.15) is 26.3 Å². The van der Waals surface area contributed by atoms with Crippen LogP contribution in [0.2, 0.25) is 0 Å². The number of nitrogens with zero attached hydrogens (tertiary/aromatic N) is 3. The van der Waals surface area contributed by atoms with Crippen LogP contribution < -0.4 is 10.2 Å². The molecule has 0 bridgehead atoms. The fourth-order valence-corrected chi connectivity index (χ4v) is 3.26. The lowest BCUT2D eigenvalue weighted by atomic mass is 9.73. The molecule has 1 aromatic carbocycles. The topological polar surface area (TPSA) is 41.1 Å². The molecular weight excluding hydrogens is 344 g/mol. The smallest absolute Gasteiger partial charge is 0.127 e. The summed E-state index contributed by atoms with van der Waals surface area (Å²) in [5.74, 6) is 1.46. The van der Waals surface area contributed by atoms with Gasteiger partial charge in [-0.1, -0.05) is 45.0 Å². The molecular formula is C24H30N4. The SMILES string of the molecule is CC(C)C(C)(CNc1ccncc1)c1ccc(-c2ccc(N(C)C)nc2)cc1. The molecule has 0 amide bonds. The summed E-state index contributed by atoms with van der Waals surface area (Å²) in [6.07, 6.45) is 5.58. The van der Waals surface area contributed by atoms with Crippen molar-refractivity contribution < 1.29 is 0 Å². The van der Waals surface area contributed by atoms with Gasteiger partial charge in [-0.25, -0.2) is 4.98 Å². The summed E-state index contributed by atoms with van der Waals surface area (Å²) in [6.45, 7) is 7.76. The maximum Gasteiger partial charge on any atom is 0.127 e. The maximum absolute atomic E-state index is 4.53. The van der Waals surface area contributed by atoms with E-state index in [1.54, 1.807) is 0 Å². The molecule has 2 heterocycles. The molecule has 0 aliphatic heterocycles. The summed E-state index contributed by atoms with van der Waals surface area (Å²) < 4.78 is 0. The molecule has 0 aliphatic rings. The molecule has 0 radical (unpaired) electrons. The molecule has 0 spiro atoms. The van der Waals surface area contributed by atoms with Gasteiger partial charge in [0.1, 0.15) is 5.82 Å². The number of anilines is 2. The van der Waals surface area contributed by atoms with E-state index in [0.717, 1.165) is 23.6 Å². The minimum atomic E-state index is 0.0226. The Morgan fingerprint density at radius 2 is 1.57 bits per heavy atom. The largest absolute Gasteiger partial charge is 0.384 e. The van der Waals surface area contributed by atoms with E-state index in [0.29, 0.717) is 5.92 Å². The van der Waals surface area contributed by atoms with Crippen LogP contribution in [0, 0.1) is 5.92 Å². The summed E-state index contributed by atoms with van der Waals surface area (Å²) in [5.41, 5.74) is 4.79. The third-order valence-corrected chi connectivity index (χ3v) is 5.70. The standard InChI is InChI=1S/C24H30N4/c1-18(2)24(3,17-27-22-12-14-25-15-13-22)21-9-6-19(7-10-21)20-8-11-23(26-16-20)28(4)5/h6-16,18H,17H2,1-5H3,(H,25,27). The number of rotatable bonds is 7. The number of pyridine rings is 2. The highest BCUT2D eigenvalue weighted by Gasteiger charge is 2.30. The van der Waals surface area contributed by atoms with Crippen molar-refractivity contribution in [3.63, 3.8) is 0 Å². The van der Waals surface area contributed by atoms with Crippen molar-refractivity contribution in [1.29, 1.82) is 0 Å². The van der Waals surface area contributed by atoms with Crippen LogP contribution in [0.5, 0.6) is 0 Å². The molecule has 28 heavy (non-hydrogen) atoms. The fraction of sp³-hybridized carbons (Fsp3) is 0.333. The number of aromatic nitrogens is 2. The van der Waals surface area contributed by atoms with Gasteiger partial charge in [-0.3, -0.25) is 4.98 Å². The van der Waals surface area contributed by atoms with E-state index in [4.69, 9.17) is 0 Å². The zero-order valence-electron chi connectivity index (χ0n) is 17.5. The summed E-state index contributed by atoms with van der Waals surface area (Å²) >= 11 is 0. The van der Waals surface area contributed by atoms with Gasteiger partial charge in [-0.15, -0.1) is 0 Å². The van der Waals surface area contributed by atoms with E-state index in [2.05, 4.69) is 72.5 Å². The average molecular weight is 375 g/mol. The van der Waals surface area contributed by atoms with Crippen LogP contribution in [-0.2, 0) is 5.41 Å². The summed E-state index contributed by atoms with van der Waals surface area (Å²) in [4.78, 5) is 10.6. The fourth-order valence-electron chi connectivity index (χ4n) is 3.26. The molecule has 0 saturated carbocycles.